The minimum Gasteiger partial charge on any atom is -0.456 e. The number of fused-ring (bicyclic) bond motifs is 4. The number of nitrogens with zero attached hydrogens (tertiary/aromatic N) is 3. The monoisotopic (exact) mass is 787 g/mol. The van der Waals surface area contributed by atoms with Gasteiger partial charge in [-0.3, -0.25) is 0 Å². The summed E-state index contributed by atoms with van der Waals surface area (Å²) >= 11 is 1.74. The zero-order chi connectivity index (χ0) is 39.8. The van der Waals surface area contributed by atoms with Crippen molar-refractivity contribution < 1.29 is 4.42 Å². The molecule has 0 bridgehead atoms. The van der Waals surface area contributed by atoms with Crippen LogP contribution in [0.5, 0.6) is 0 Å². The molecule has 5 heteroatoms. The van der Waals surface area contributed by atoms with Gasteiger partial charge in [0, 0.05) is 61.6 Å². The molecule has 9 aromatic carbocycles. The fraction of sp³-hybridized carbons (Fsp3) is 0. The van der Waals surface area contributed by atoms with Crippen molar-refractivity contribution in [3.8, 4) is 32.8 Å². The minimum atomic E-state index is 0.878. The largest absolute Gasteiger partial charge is 0.456 e. The molecule has 60 heavy (non-hydrogen) atoms. The maximum absolute atomic E-state index is 6.20. The molecule has 0 atom stereocenters. The third kappa shape index (κ3) is 6.48. The third-order valence-corrected chi connectivity index (χ3v) is 12.2. The molecule has 0 saturated heterocycles. The zero-order valence-electron chi connectivity index (χ0n) is 32.5. The average Bonchev–Trinajstić information content (AvgIpc) is 3.94. The molecule has 4 nitrogen and oxygen atoms in total. The van der Waals surface area contributed by atoms with E-state index in [9.17, 15) is 0 Å². The standard InChI is InChI=1S/C55H37N3OS/c1-5-15-41(16-6-1)57(42-17-7-2-8-18-42)45-30-25-38(26-31-45)47-34-35-48(39-27-32-46(33-28-39)58(43-19-9-3-10-20-43)44-21-11-4-12-22-44)54-53(47)56-55(60-54)40-29-36-52-50(37-40)49-23-13-14-24-51(49)59-52/h1-37H. The lowest BCUT2D eigenvalue weighted by Crippen LogP contribution is -2.09. The van der Waals surface area contributed by atoms with Gasteiger partial charge in [-0.2, -0.15) is 0 Å². The van der Waals surface area contributed by atoms with E-state index in [1.54, 1.807) is 11.3 Å². The second-order valence-corrected chi connectivity index (χ2v) is 15.8. The number of aromatic nitrogens is 1. The molecule has 2 aromatic heterocycles. The van der Waals surface area contributed by atoms with Gasteiger partial charge in [0.1, 0.15) is 16.2 Å². The van der Waals surface area contributed by atoms with Crippen molar-refractivity contribution in [1.29, 1.82) is 0 Å². The van der Waals surface area contributed by atoms with Gasteiger partial charge in [0.25, 0.3) is 0 Å². The Morgan fingerprint density at radius 2 is 0.767 bits per heavy atom. The maximum atomic E-state index is 6.20. The summed E-state index contributed by atoms with van der Waals surface area (Å²) in [6.07, 6.45) is 0. The van der Waals surface area contributed by atoms with Crippen LogP contribution >= 0.6 is 11.3 Å². The van der Waals surface area contributed by atoms with E-state index >= 15 is 0 Å². The topological polar surface area (TPSA) is 32.5 Å². The normalized spacial score (nSPS) is 11.3. The summed E-state index contributed by atoms with van der Waals surface area (Å²) in [5.41, 5.74) is 14.9. The molecule has 0 fully saturated rings. The first kappa shape index (κ1) is 35.4. The lowest BCUT2D eigenvalue weighted by atomic mass is 9.98. The summed E-state index contributed by atoms with van der Waals surface area (Å²) in [4.78, 5) is 10.0. The molecule has 0 unspecified atom stereocenters. The SMILES string of the molecule is c1ccc(N(c2ccccc2)c2ccc(-c3ccc(-c4ccc(N(c5ccccc5)c5ccccc5)cc4)c4sc(-c5ccc6oc7ccccc7c6c5)nc34)cc2)cc1. The van der Waals surface area contributed by atoms with E-state index < -0.39 is 0 Å². The average molecular weight is 788 g/mol. The van der Waals surface area contributed by atoms with Gasteiger partial charge in [-0.15, -0.1) is 11.3 Å². The van der Waals surface area contributed by atoms with Gasteiger partial charge in [0.05, 0.1) is 10.2 Å². The van der Waals surface area contributed by atoms with Gasteiger partial charge in [-0.25, -0.2) is 4.98 Å². The Morgan fingerprint density at radius 3 is 1.30 bits per heavy atom. The Labute approximate surface area is 352 Å². The van der Waals surface area contributed by atoms with Gasteiger partial charge in [-0.1, -0.05) is 127 Å². The highest BCUT2D eigenvalue weighted by Gasteiger charge is 2.20. The van der Waals surface area contributed by atoms with Crippen molar-refractivity contribution in [2.45, 2.75) is 0 Å². The molecular formula is C55H37N3OS. The first-order valence-electron chi connectivity index (χ1n) is 20.1. The third-order valence-electron chi connectivity index (χ3n) is 11.1. The van der Waals surface area contributed by atoms with Crippen molar-refractivity contribution in [3.63, 3.8) is 0 Å². The Kier molecular flexibility index (Phi) is 8.99. The Balaban J connectivity index is 1.03. The van der Waals surface area contributed by atoms with E-state index in [1.165, 1.54) is 0 Å². The number of para-hydroxylation sites is 5. The number of furan rings is 1. The summed E-state index contributed by atoms with van der Waals surface area (Å²) in [7, 11) is 0. The highest BCUT2D eigenvalue weighted by atomic mass is 32.1. The summed E-state index contributed by atoms with van der Waals surface area (Å²) in [5.74, 6) is 0. The van der Waals surface area contributed by atoms with Crippen LogP contribution in [0.1, 0.15) is 0 Å². The van der Waals surface area contributed by atoms with Gasteiger partial charge in [-0.05, 0) is 108 Å². The van der Waals surface area contributed by atoms with E-state index in [2.05, 4.69) is 222 Å². The van der Waals surface area contributed by atoms with Crippen LogP contribution < -0.4 is 9.80 Å². The predicted molar refractivity (Wildman–Crippen MR) is 253 cm³/mol. The highest BCUT2D eigenvalue weighted by Crippen LogP contribution is 2.44. The zero-order valence-corrected chi connectivity index (χ0v) is 33.3. The van der Waals surface area contributed by atoms with E-state index in [-0.39, 0.29) is 0 Å². The minimum absolute atomic E-state index is 0.878. The van der Waals surface area contributed by atoms with E-state index in [4.69, 9.17) is 9.40 Å². The Hall–Kier alpha value is -7.73. The first-order valence-corrected chi connectivity index (χ1v) is 20.9. The lowest BCUT2D eigenvalue weighted by Gasteiger charge is -2.25. The smallest absolute Gasteiger partial charge is 0.135 e. The van der Waals surface area contributed by atoms with E-state index in [1.807, 2.05) is 12.1 Å². The van der Waals surface area contributed by atoms with Crippen LogP contribution in [0.3, 0.4) is 0 Å². The molecule has 11 rings (SSSR count). The van der Waals surface area contributed by atoms with Gasteiger partial charge >= 0.3 is 0 Å². The molecule has 0 aliphatic carbocycles. The number of thiazole rings is 1. The molecule has 11 aromatic rings. The van der Waals surface area contributed by atoms with Crippen LogP contribution in [-0.4, -0.2) is 4.98 Å². The quantitative estimate of drug-likeness (QED) is 0.146. The molecular weight excluding hydrogens is 751 g/mol. The number of hydrogen-bond acceptors (Lipinski definition) is 5. The molecule has 0 aliphatic rings. The van der Waals surface area contributed by atoms with Crippen molar-refractivity contribution in [2.75, 3.05) is 9.80 Å². The van der Waals surface area contributed by atoms with Crippen molar-refractivity contribution in [3.05, 3.63) is 224 Å². The molecule has 0 N–H and O–H groups in total. The van der Waals surface area contributed by atoms with E-state index in [0.29, 0.717) is 0 Å². The van der Waals surface area contributed by atoms with Crippen LogP contribution in [0.25, 0.3) is 65.0 Å². The summed E-state index contributed by atoms with van der Waals surface area (Å²) < 4.78 is 7.35. The molecule has 284 valence electrons. The summed E-state index contributed by atoms with van der Waals surface area (Å²) in [6, 6.07) is 79.1. The highest BCUT2D eigenvalue weighted by molar-refractivity contribution is 7.22. The number of benzene rings is 9. The fourth-order valence-electron chi connectivity index (χ4n) is 8.23. The van der Waals surface area contributed by atoms with E-state index in [0.717, 1.165) is 99.1 Å². The molecule has 2 heterocycles. The van der Waals surface area contributed by atoms with Crippen LogP contribution in [0.4, 0.5) is 34.1 Å². The number of rotatable bonds is 9. The predicted octanol–water partition coefficient (Wildman–Crippen LogP) is 16.1. The second-order valence-electron chi connectivity index (χ2n) is 14.8. The molecule has 0 radical (unpaired) electrons. The summed E-state index contributed by atoms with van der Waals surface area (Å²) in [5, 5.41) is 3.17. The molecule has 0 saturated carbocycles. The summed E-state index contributed by atoms with van der Waals surface area (Å²) in [6.45, 7) is 0. The molecule has 0 amide bonds. The van der Waals surface area contributed by atoms with Crippen LogP contribution in [-0.2, 0) is 0 Å². The molecule has 0 aliphatic heterocycles. The van der Waals surface area contributed by atoms with Crippen LogP contribution in [0, 0.1) is 0 Å². The maximum Gasteiger partial charge on any atom is 0.135 e. The van der Waals surface area contributed by atoms with Gasteiger partial charge < -0.3 is 14.2 Å². The molecule has 0 spiro atoms. The Morgan fingerprint density at radius 1 is 0.350 bits per heavy atom. The van der Waals surface area contributed by atoms with Crippen molar-refractivity contribution >= 4 is 77.6 Å². The number of anilines is 6. The van der Waals surface area contributed by atoms with Gasteiger partial charge in [0.15, 0.2) is 0 Å². The van der Waals surface area contributed by atoms with Crippen molar-refractivity contribution in [1.82, 2.24) is 4.98 Å². The second kappa shape index (κ2) is 15.2. The first-order chi connectivity index (χ1) is 29.7. The van der Waals surface area contributed by atoms with Crippen LogP contribution in [0.2, 0.25) is 0 Å². The number of hydrogen-bond donors (Lipinski definition) is 0. The van der Waals surface area contributed by atoms with Crippen LogP contribution in [0.15, 0.2) is 229 Å². The fourth-order valence-corrected chi connectivity index (χ4v) is 9.36. The Bertz CT molecular complexity index is 2990. The van der Waals surface area contributed by atoms with Crippen molar-refractivity contribution in [2.24, 2.45) is 0 Å². The van der Waals surface area contributed by atoms with Gasteiger partial charge in [0.2, 0.25) is 0 Å². The lowest BCUT2D eigenvalue weighted by molar-refractivity contribution is 0.669.